The fraction of sp³-hybridized carbons (Fsp3) is 0.787. The minimum absolute atomic E-state index is 0.000719. The Kier molecular flexibility index (Phi) is 75.1. The van der Waals surface area contributed by atoms with E-state index >= 15 is 0 Å². The SMILES string of the molecule is CC(C)(OC=O)C(=O)OC1CC1.CC(C)(OC=O)C(=O)OC1CCCC1.CC(C)(OC=O)C(=O)OC1CCCCC1.CC(C)CCOC(=O)C(C)(C)OC=O.CC(C)COC(=O)C(C)(C)OC=O.CC(C)OC(=O)C(C)(C)OC=O.CCC(C)COC(=O)C(C)(C)OC=O.CCCCCCOC(=O)C(C)(C)OC=O.CCCCOC(=O)C(C)(C)OC=O.CCCOC(=O)C(C)(C)OC=O. The zero-order valence-electron chi connectivity index (χ0n) is 85.5. The van der Waals surface area contributed by atoms with Gasteiger partial charge in [0.05, 0.1) is 45.7 Å². The molecule has 0 aliphatic heterocycles. The van der Waals surface area contributed by atoms with Crippen molar-refractivity contribution in [1.29, 1.82) is 0 Å². The van der Waals surface area contributed by atoms with Crippen LogP contribution in [0, 0.1) is 17.8 Å². The molecule has 0 aromatic heterocycles. The highest BCUT2D eigenvalue weighted by atomic mass is 16.7. The molecule has 0 spiro atoms. The lowest BCUT2D eigenvalue weighted by molar-refractivity contribution is -0.177. The van der Waals surface area contributed by atoms with Crippen molar-refractivity contribution in [3.8, 4) is 0 Å². The summed E-state index contributed by atoms with van der Waals surface area (Å²) in [6.07, 6.45) is 19.5. The van der Waals surface area contributed by atoms with Gasteiger partial charge in [0.25, 0.3) is 64.7 Å². The minimum Gasteiger partial charge on any atom is -0.463 e. The van der Waals surface area contributed by atoms with Gasteiger partial charge in [-0.15, -0.1) is 0 Å². The van der Waals surface area contributed by atoms with Gasteiger partial charge in [-0.1, -0.05) is 101 Å². The molecule has 40 heteroatoms. The summed E-state index contributed by atoms with van der Waals surface area (Å²) in [4.78, 5) is 214. The molecule has 0 bridgehead atoms. The molecule has 0 saturated heterocycles. The van der Waals surface area contributed by atoms with Crippen LogP contribution >= 0.6 is 0 Å². The lowest BCUT2D eigenvalue weighted by Crippen LogP contribution is -2.39. The van der Waals surface area contributed by atoms with Gasteiger partial charge in [0.2, 0.25) is 56.0 Å². The number of carbonyl (C=O) groups is 20. The highest BCUT2D eigenvalue weighted by Crippen LogP contribution is 2.28. The molecule has 0 heterocycles. The van der Waals surface area contributed by atoms with Crippen molar-refractivity contribution < 1.29 is 191 Å². The zero-order valence-corrected chi connectivity index (χ0v) is 85.5. The second-order valence-corrected chi connectivity index (χ2v) is 36.5. The lowest BCUT2D eigenvalue weighted by Gasteiger charge is -2.27. The van der Waals surface area contributed by atoms with Crippen LogP contribution in [0.1, 0.15) is 343 Å². The van der Waals surface area contributed by atoms with Gasteiger partial charge in [-0.2, -0.15) is 0 Å². The third-order valence-corrected chi connectivity index (χ3v) is 18.0. The number of hydrogen-bond donors (Lipinski definition) is 0. The van der Waals surface area contributed by atoms with Gasteiger partial charge < -0.3 is 94.7 Å². The van der Waals surface area contributed by atoms with Crippen molar-refractivity contribution >= 4 is 124 Å². The lowest BCUT2D eigenvalue weighted by atomic mass is 9.97. The molecular formula is C94H162O40. The molecule has 3 aliphatic rings. The standard InChI is InChI=1S/C11H18O4.C11H20O4.C10H16O4.2C10H18O4.2C9H16O4.C8H12O4.2C8H14O4/c1-11(2,14-8-12)10(13)15-9-6-4-3-5-7-9;1-4-5-6-7-8-14-10(13)11(2,3)15-9-12;1-10(2,13-7-11)9(12)14-8-5-3-4-6-8;1-8(2)5-6-13-9(12)10(3,4)14-7-11;1-5-8(2)6-13-9(12)10(3,4)14-7-11;1-7(2)5-12-8(11)9(3,4)13-6-10;1-4-5-6-12-8(11)9(2,3)13-7-10;1-8(2,11-5-9)7(10)12-6-3-4-6;1-6(2)12-7(10)8(3,4)11-5-9;1-4-5-11-7(10)8(2,3)12-6-9/h8-9H,3-7H2,1-2H3;9H,4-8H2,1-3H3;7-8H,3-6H2,1-2H3;2*7-8H,5-6H2,1-4H3;6-7H,5H2,1-4H3;7H,4-6H2,1-3H3;5-6H,3-4H2,1-2H3;5-6H,1-4H3;6H,4-5H2,1-3H3. The van der Waals surface area contributed by atoms with E-state index in [4.69, 9.17) is 47.4 Å². The first-order chi connectivity index (χ1) is 61.9. The topological polar surface area (TPSA) is 526 Å². The molecule has 40 nitrogen and oxygen atoms in total. The third-order valence-electron chi connectivity index (χ3n) is 18.0. The van der Waals surface area contributed by atoms with Crippen LogP contribution in [0.25, 0.3) is 0 Å². The molecule has 3 saturated carbocycles. The van der Waals surface area contributed by atoms with Crippen molar-refractivity contribution in [2.75, 3.05) is 39.6 Å². The van der Waals surface area contributed by atoms with E-state index in [9.17, 15) is 95.9 Å². The molecule has 1 unspecified atom stereocenters. The Hall–Kier alpha value is -10.6. The van der Waals surface area contributed by atoms with Gasteiger partial charge in [0.15, 0.2) is 0 Å². The largest absolute Gasteiger partial charge is 0.463 e. The predicted molar refractivity (Wildman–Crippen MR) is 483 cm³/mol. The van der Waals surface area contributed by atoms with Gasteiger partial charge in [-0.3, -0.25) is 47.9 Å². The molecule has 134 heavy (non-hydrogen) atoms. The Bertz CT molecular complexity index is 3330. The summed E-state index contributed by atoms with van der Waals surface area (Å²) in [6.45, 7) is 56.2. The van der Waals surface area contributed by atoms with Crippen molar-refractivity contribution in [3.63, 3.8) is 0 Å². The molecule has 0 amide bonds. The average Bonchev–Trinajstić information content (AvgIpc) is 1.77. The van der Waals surface area contributed by atoms with Crippen molar-refractivity contribution in [1.82, 2.24) is 0 Å². The van der Waals surface area contributed by atoms with Gasteiger partial charge in [0.1, 0.15) is 18.3 Å². The van der Waals surface area contributed by atoms with Gasteiger partial charge in [-0.05, 0) is 260 Å². The van der Waals surface area contributed by atoms with Crippen LogP contribution in [-0.4, -0.2) is 244 Å². The monoisotopic (exact) mass is 1930 g/mol. The zero-order chi connectivity index (χ0) is 105. The highest BCUT2D eigenvalue weighted by molar-refractivity contribution is 5.84. The van der Waals surface area contributed by atoms with Crippen LogP contribution in [-0.2, 0) is 191 Å². The number of esters is 10. The number of rotatable bonds is 52. The van der Waals surface area contributed by atoms with Crippen LogP contribution in [0.5, 0.6) is 0 Å². The van der Waals surface area contributed by atoms with E-state index in [2.05, 4.69) is 54.3 Å². The first kappa shape index (κ1) is 136. The van der Waals surface area contributed by atoms with E-state index in [0.717, 1.165) is 122 Å². The van der Waals surface area contributed by atoms with Crippen molar-refractivity contribution in [2.45, 2.75) is 423 Å². The maximum atomic E-state index is 11.6. The average molecular weight is 1930 g/mol. The van der Waals surface area contributed by atoms with E-state index in [1.165, 1.54) is 145 Å². The van der Waals surface area contributed by atoms with E-state index < -0.39 is 116 Å². The highest BCUT2D eigenvalue weighted by Gasteiger charge is 2.40. The van der Waals surface area contributed by atoms with E-state index in [-0.39, 0.29) is 95.1 Å². The first-order valence-electron chi connectivity index (χ1n) is 45.0. The van der Waals surface area contributed by atoms with Crippen LogP contribution in [0.15, 0.2) is 0 Å². The van der Waals surface area contributed by atoms with Crippen LogP contribution in [0.3, 0.4) is 0 Å². The van der Waals surface area contributed by atoms with E-state index in [1.54, 1.807) is 13.8 Å². The molecule has 3 aliphatic carbocycles. The number of ether oxygens (including phenoxy) is 20. The normalized spacial score (nSPS) is 13.2. The summed E-state index contributed by atoms with van der Waals surface area (Å²) in [5.41, 5.74) is -11.7. The molecular weight excluding hydrogens is 1770 g/mol. The molecule has 3 rings (SSSR count). The second-order valence-electron chi connectivity index (χ2n) is 36.5. The first-order valence-corrected chi connectivity index (χ1v) is 45.0. The van der Waals surface area contributed by atoms with Crippen LogP contribution < -0.4 is 0 Å². The van der Waals surface area contributed by atoms with Crippen LogP contribution in [0.2, 0.25) is 0 Å². The molecule has 3 fully saturated rings. The summed E-state index contributed by atoms with van der Waals surface area (Å²) in [6, 6.07) is 0. The Balaban J connectivity index is -0.000000268. The third kappa shape index (κ3) is 71.0. The molecule has 778 valence electrons. The Morgan fingerprint density at radius 3 is 0.739 bits per heavy atom. The minimum atomic E-state index is -1.19. The summed E-state index contributed by atoms with van der Waals surface area (Å²) < 4.78 is 95.7. The summed E-state index contributed by atoms with van der Waals surface area (Å²) in [5, 5.41) is 0. The summed E-state index contributed by atoms with van der Waals surface area (Å²) in [7, 11) is 0. The van der Waals surface area contributed by atoms with Gasteiger partial charge in [-0.25, -0.2) is 47.9 Å². The Morgan fingerprint density at radius 2 is 0.493 bits per heavy atom. The molecule has 0 aromatic rings. The maximum Gasteiger partial charge on any atom is 0.350 e. The molecule has 0 aromatic carbocycles. The maximum absolute atomic E-state index is 11.6. The number of carbonyl (C=O) groups excluding carboxylic acids is 20. The quantitative estimate of drug-likeness (QED) is 0.0236. The number of hydrogen-bond acceptors (Lipinski definition) is 40. The van der Waals surface area contributed by atoms with E-state index in [0.29, 0.717) is 51.5 Å². The number of unbranched alkanes of at least 4 members (excludes halogenated alkanes) is 4. The molecule has 0 radical (unpaired) electrons. The van der Waals surface area contributed by atoms with Gasteiger partial charge in [0, 0.05) is 0 Å². The predicted octanol–water partition coefficient (Wildman–Crippen LogP) is 13.2. The fourth-order valence-corrected chi connectivity index (χ4v) is 8.50. The summed E-state index contributed by atoms with van der Waals surface area (Å²) >= 11 is 0. The van der Waals surface area contributed by atoms with Crippen LogP contribution in [0.4, 0.5) is 0 Å². The summed E-state index contributed by atoms with van der Waals surface area (Å²) in [5.74, 6) is -3.90. The molecule has 1 atom stereocenters. The fourth-order valence-electron chi connectivity index (χ4n) is 8.50. The van der Waals surface area contributed by atoms with Gasteiger partial charge >= 0.3 is 59.7 Å². The Morgan fingerprint density at radius 1 is 0.254 bits per heavy atom. The van der Waals surface area contributed by atoms with Crippen molar-refractivity contribution in [3.05, 3.63) is 0 Å². The molecule has 0 N–H and O–H groups in total. The Labute approximate surface area is 792 Å². The smallest absolute Gasteiger partial charge is 0.350 e. The van der Waals surface area contributed by atoms with E-state index in [1.807, 2.05) is 55.4 Å². The second kappa shape index (κ2) is 73.7. The van der Waals surface area contributed by atoms with Crippen molar-refractivity contribution in [2.24, 2.45) is 17.8 Å².